The second-order valence-corrected chi connectivity index (χ2v) is 11.4. The number of halogens is 3. The molecule has 2 amide bonds. The van der Waals surface area contributed by atoms with Crippen LogP contribution in [-0.2, 0) is 22.4 Å². The van der Waals surface area contributed by atoms with Crippen molar-refractivity contribution < 1.29 is 46.9 Å². The first-order valence-corrected chi connectivity index (χ1v) is 14.2. The number of anilines is 1. The van der Waals surface area contributed by atoms with E-state index in [4.69, 9.17) is 14.2 Å². The summed E-state index contributed by atoms with van der Waals surface area (Å²) in [5, 5.41) is 9.98. The van der Waals surface area contributed by atoms with E-state index in [-0.39, 0.29) is 42.5 Å². The number of carbonyl (C=O) groups is 3. The van der Waals surface area contributed by atoms with Gasteiger partial charge in [0, 0.05) is 19.0 Å². The van der Waals surface area contributed by atoms with Crippen molar-refractivity contribution in [2.24, 2.45) is 0 Å². The maximum atomic E-state index is 13.2. The second kappa shape index (κ2) is 14.0. The lowest BCUT2D eigenvalue weighted by molar-refractivity contribution is -0.153. The van der Waals surface area contributed by atoms with Crippen LogP contribution >= 0.6 is 0 Å². The number of para-hydroxylation sites is 2. The number of ether oxygens (including phenoxy) is 3. The van der Waals surface area contributed by atoms with Crippen LogP contribution in [0.3, 0.4) is 0 Å². The van der Waals surface area contributed by atoms with Gasteiger partial charge in [-0.25, -0.2) is 9.59 Å². The monoisotopic (exact) mass is 608 g/mol. The first-order chi connectivity index (χ1) is 20.1. The Balaban J connectivity index is 1.80. The molecule has 9 nitrogen and oxygen atoms in total. The summed E-state index contributed by atoms with van der Waals surface area (Å²) >= 11 is 0. The number of rotatable bonds is 12. The van der Waals surface area contributed by atoms with Gasteiger partial charge in [-0.2, -0.15) is 13.2 Å². The SMILES string of the molecule is CCCC(=O)N1CCc2cc(C[C@@H](C)N(CCOc3ccccc3OCC(F)(F)F)C(=O)OC(C)(C)C)cc(C(=O)O)c21. The Bertz CT molecular complexity index is 1310. The number of carbonyl (C=O) groups excluding carboxylic acids is 2. The molecule has 0 saturated carbocycles. The van der Waals surface area contributed by atoms with Gasteiger partial charge in [0.05, 0.1) is 17.8 Å². The fraction of sp³-hybridized carbons (Fsp3) is 0.516. The molecule has 12 heteroatoms. The highest BCUT2D eigenvalue weighted by molar-refractivity contribution is 6.04. The number of nitrogens with zero attached hydrogens (tertiary/aromatic N) is 2. The Labute approximate surface area is 249 Å². The van der Waals surface area contributed by atoms with Gasteiger partial charge in [-0.3, -0.25) is 4.79 Å². The van der Waals surface area contributed by atoms with E-state index in [0.29, 0.717) is 37.1 Å². The molecule has 236 valence electrons. The molecule has 0 radical (unpaired) electrons. The molecule has 1 aliphatic rings. The average Bonchev–Trinajstić information content (AvgIpc) is 3.32. The normalized spacial score (nSPS) is 13.7. The third-order valence-corrected chi connectivity index (χ3v) is 6.64. The van der Waals surface area contributed by atoms with E-state index in [2.05, 4.69) is 0 Å². The van der Waals surface area contributed by atoms with E-state index < -0.39 is 36.5 Å². The molecule has 3 rings (SSSR count). The van der Waals surface area contributed by atoms with Crippen molar-refractivity contribution in [3.63, 3.8) is 0 Å². The molecule has 1 atom stereocenters. The van der Waals surface area contributed by atoms with E-state index in [1.807, 2.05) is 13.0 Å². The van der Waals surface area contributed by atoms with E-state index >= 15 is 0 Å². The Kier molecular flexibility index (Phi) is 10.9. The predicted molar refractivity (Wildman–Crippen MR) is 154 cm³/mol. The molecule has 0 saturated heterocycles. The molecule has 0 bridgehead atoms. The van der Waals surface area contributed by atoms with E-state index in [0.717, 1.165) is 5.56 Å². The third-order valence-electron chi connectivity index (χ3n) is 6.64. The molecule has 1 N–H and O–H groups in total. The highest BCUT2D eigenvalue weighted by Gasteiger charge is 2.32. The standard InChI is InChI=1S/C31H39F3N2O7/c1-6-9-26(37)36-13-12-22-17-21(18-23(27(22)36)28(38)39)16-20(2)35(29(40)43-30(3,4)5)14-15-41-24-10-7-8-11-25(24)42-19-31(32,33)34/h7-8,10-11,17-18,20H,6,9,12-16,19H2,1-5H3,(H,38,39)/t20-/m1/s1. The van der Waals surface area contributed by atoms with Crippen molar-refractivity contribution in [3.05, 3.63) is 53.1 Å². The van der Waals surface area contributed by atoms with Crippen molar-refractivity contribution in [1.29, 1.82) is 0 Å². The molecule has 0 aromatic heterocycles. The van der Waals surface area contributed by atoms with Crippen molar-refractivity contribution in [2.45, 2.75) is 78.1 Å². The molecule has 1 heterocycles. The molecule has 43 heavy (non-hydrogen) atoms. The van der Waals surface area contributed by atoms with Crippen LogP contribution in [0.25, 0.3) is 0 Å². The molecular weight excluding hydrogens is 569 g/mol. The molecule has 1 aliphatic heterocycles. The van der Waals surface area contributed by atoms with Crippen LogP contribution < -0.4 is 14.4 Å². The van der Waals surface area contributed by atoms with Crippen LogP contribution in [0.15, 0.2) is 36.4 Å². The first-order valence-electron chi connectivity index (χ1n) is 14.2. The smallest absolute Gasteiger partial charge is 0.422 e. The molecule has 0 spiro atoms. The van der Waals surface area contributed by atoms with Crippen LogP contribution in [0.1, 0.15) is 68.9 Å². The van der Waals surface area contributed by atoms with E-state index in [1.54, 1.807) is 33.8 Å². The molecule has 2 aromatic carbocycles. The molecule has 0 unspecified atom stereocenters. The van der Waals surface area contributed by atoms with Gasteiger partial charge in [0.15, 0.2) is 18.1 Å². The Morgan fingerprint density at radius 3 is 2.30 bits per heavy atom. The van der Waals surface area contributed by atoms with Crippen LogP contribution in [0.2, 0.25) is 0 Å². The van der Waals surface area contributed by atoms with Gasteiger partial charge in [-0.1, -0.05) is 25.1 Å². The van der Waals surface area contributed by atoms with Gasteiger partial charge in [0.1, 0.15) is 12.2 Å². The summed E-state index contributed by atoms with van der Waals surface area (Å²) in [4.78, 5) is 41.0. The second-order valence-electron chi connectivity index (χ2n) is 11.4. The Morgan fingerprint density at radius 2 is 1.72 bits per heavy atom. The highest BCUT2D eigenvalue weighted by Crippen LogP contribution is 2.35. The maximum absolute atomic E-state index is 13.2. The minimum absolute atomic E-state index is 0.0275. The molecule has 2 aromatic rings. The van der Waals surface area contributed by atoms with Gasteiger partial charge in [0.25, 0.3) is 0 Å². The van der Waals surface area contributed by atoms with Crippen molar-refractivity contribution >= 4 is 23.7 Å². The van der Waals surface area contributed by atoms with E-state index in [1.165, 1.54) is 34.1 Å². The third kappa shape index (κ3) is 9.52. The topological polar surface area (TPSA) is 106 Å². The van der Waals surface area contributed by atoms with Crippen LogP contribution in [0.5, 0.6) is 11.5 Å². The first kappa shape index (κ1) is 33.5. The molecular formula is C31H39F3N2O7. The fourth-order valence-corrected chi connectivity index (χ4v) is 4.86. The largest absolute Gasteiger partial charge is 0.488 e. The minimum atomic E-state index is -4.52. The van der Waals surface area contributed by atoms with Gasteiger partial charge < -0.3 is 29.1 Å². The number of aromatic carboxylic acids is 1. The zero-order valence-electron chi connectivity index (χ0n) is 25.1. The molecule has 0 fully saturated rings. The van der Waals surface area contributed by atoms with E-state index in [9.17, 15) is 32.7 Å². The average molecular weight is 609 g/mol. The van der Waals surface area contributed by atoms with Crippen LogP contribution in [0, 0.1) is 0 Å². The van der Waals surface area contributed by atoms with Crippen LogP contribution in [-0.4, -0.2) is 72.1 Å². The predicted octanol–water partition coefficient (Wildman–Crippen LogP) is 6.26. The van der Waals surface area contributed by atoms with Gasteiger partial charge in [-0.05, 0) is 76.3 Å². The lowest BCUT2D eigenvalue weighted by Crippen LogP contribution is -2.45. The van der Waals surface area contributed by atoms with Gasteiger partial charge in [0.2, 0.25) is 5.91 Å². The van der Waals surface area contributed by atoms with Crippen molar-refractivity contribution in [2.75, 3.05) is 31.2 Å². The zero-order chi connectivity index (χ0) is 31.9. The number of hydrogen-bond donors (Lipinski definition) is 1. The van der Waals surface area contributed by atoms with Crippen molar-refractivity contribution in [1.82, 2.24) is 4.90 Å². The molecule has 0 aliphatic carbocycles. The number of fused-ring (bicyclic) bond motifs is 1. The lowest BCUT2D eigenvalue weighted by atomic mass is 9.98. The number of amides is 2. The lowest BCUT2D eigenvalue weighted by Gasteiger charge is -2.32. The fourth-order valence-electron chi connectivity index (χ4n) is 4.86. The number of benzene rings is 2. The Hall–Kier alpha value is -3.96. The summed E-state index contributed by atoms with van der Waals surface area (Å²) in [6.07, 6.45) is -3.37. The number of alkyl halides is 3. The van der Waals surface area contributed by atoms with Crippen molar-refractivity contribution in [3.8, 4) is 11.5 Å². The summed E-state index contributed by atoms with van der Waals surface area (Å²) < 4.78 is 54.2. The Morgan fingerprint density at radius 1 is 1.07 bits per heavy atom. The summed E-state index contributed by atoms with van der Waals surface area (Å²) in [6, 6.07) is 8.88. The summed E-state index contributed by atoms with van der Waals surface area (Å²) in [5.74, 6) is -1.25. The zero-order valence-corrected chi connectivity index (χ0v) is 25.1. The van der Waals surface area contributed by atoms with Gasteiger partial charge in [-0.15, -0.1) is 0 Å². The highest BCUT2D eigenvalue weighted by atomic mass is 19.4. The summed E-state index contributed by atoms with van der Waals surface area (Å²) in [6.45, 7) is 7.74. The number of hydrogen-bond acceptors (Lipinski definition) is 6. The van der Waals surface area contributed by atoms with Crippen LogP contribution in [0.4, 0.5) is 23.7 Å². The summed E-state index contributed by atoms with van der Waals surface area (Å²) in [7, 11) is 0. The maximum Gasteiger partial charge on any atom is 0.422 e. The van der Waals surface area contributed by atoms with Gasteiger partial charge >= 0.3 is 18.2 Å². The number of carboxylic acids is 1. The minimum Gasteiger partial charge on any atom is -0.488 e. The number of carboxylic acid groups (broad SMARTS) is 1. The quantitative estimate of drug-likeness (QED) is 0.303. The summed E-state index contributed by atoms with van der Waals surface area (Å²) in [5.41, 5.74) is 1.09.